The lowest BCUT2D eigenvalue weighted by molar-refractivity contribution is -0.124. The van der Waals surface area contributed by atoms with Gasteiger partial charge in [0.15, 0.2) is 0 Å². The summed E-state index contributed by atoms with van der Waals surface area (Å²) in [5.41, 5.74) is 1.08. The number of amides is 1. The molecule has 0 saturated carbocycles. The summed E-state index contributed by atoms with van der Waals surface area (Å²) < 4.78 is 11.0. The molecule has 5 heteroatoms. The summed E-state index contributed by atoms with van der Waals surface area (Å²) in [4.78, 5) is 11.9. The summed E-state index contributed by atoms with van der Waals surface area (Å²) in [5.74, 6) is 1.80. The van der Waals surface area contributed by atoms with Crippen LogP contribution in [0.2, 0.25) is 0 Å². The van der Waals surface area contributed by atoms with Gasteiger partial charge >= 0.3 is 0 Å². The van der Waals surface area contributed by atoms with Gasteiger partial charge in [-0.25, -0.2) is 0 Å². The SMILES string of the molecule is COc1ccc2c(c1)C(NC1CCCNC1=O)CCO2. The van der Waals surface area contributed by atoms with Crippen LogP contribution in [0.1, 0.15) is 30.9 Å². The molecule has 2 aliphatic heterocycles. The Morgan fingerprint density at radius 1 is 1.35 bits per heavy atom. The molecule has 0 spiro atoms. The second-order valence-electron chi connectivity index (χ2n) is 5.25. The number of ether oxygens (including phenoxy) is 2. The summed E-state index contributed by atoms with van der Waals surface area (Å²) in [6, 6.07) is 5.86. The summed E-state index contributed by atoms with van der Waals surface area (Å²) in [6.07, 6.45) is 2.78. The Morgan fingerprint density at radius 3 is 3.05 bits per heavy atom. The topological polar surface area (TPSA) is 59.6 Å². The van der Waals surface area contributed by atoms with E-state index in [4.69, 9.17) is 9.47 Å². The quantitative estimate of drug-likeness (QED) is 0.876. The van der Waals surface area contributed by atoms with Gasteiger partial charge in [0.05, 0.1) is 19.8 Å². The molecule has 2 unspecified atom stereocenters. The summed E-state index contributed by atoms with van der Waals surface area (Å²) >= 11 is 0. The van der Waals surface area contributed by atoms with Crippen LogP contribution in [0.15, 0.2) is 18.2 Å². The maximum absolute atomic E-state index is 11.9. The summed E-state index contributed by atoms with van der Waals surface area (Å²) in [5, 5.41) is 6.38. The lowest BCUT2D eigenvalue weighted by Crippen LogP contribution is -2.49. The number of piperidine rings is 1. The van der Waals surface area contributed by atoms with E-state index in [1.54, 1.807) is 7.11 Å². The molecule has 0 bridgehead atoms. The monoisotopic (exact) mass is 276 g/mol. The average molecular weight is 276 g/mol. The van der Waals surface area contributed by atoms with Gasteiger partial charge in [0.1, 0.15) is 11.5 Å². The highest BCUT2D eigenvalue weighted by Gasteiger charge is 2.28. The van der Waals surface area contributed by atoms with E-state index in [2.05, 4.69) is 10.6 Å². The number of hydrogen-bond donors (Lipinski definition) is 2. The molecule has 5 nitrogen and oxygen atoms in total. The molecule has 0 aliphatic carbocycles. The highest BCUT2D eigenvalue weighted by atomic mass is 16.5. The maximum atomic E-state index is 11.9. The third kappa shape index (κ3) is 2.58. The molecule has 2 atom stereocenters. The molecule has 1 fully saturated rings. The van der Waals surface area contributed by atoms with Crippen molar-refractivity contribution in [2.75, 3.05) is 20.3 Å². The van der Waals surface area contributed by atoms with Crippen LogP contribution in [0, 0.1) is 0 Å². The average Bonchev–Trinajstić information content (AvgIpc) is 2.49. The minimum Gasteiger partial charge on any atom is -0.497 e. The van der Waals surface area contributed by atoms with Crippen molar-refractivity contribution in [2.24, 2.45) is 0 Å². The fraction of sp³-hybridized carbons (Fsp3) is 0.533. The normalized spacial score (nSPS) is 25.4. The summed E-state index contributed by atoms with van der Waals surface area (Å²) in [7, 11) is 1.66. The van der Waals surface area contributed by atoms with Gasteiger partial charge in [-0.3, -0.25) is 10.1 Å². The van der Waals surface area contributed by atoms with Crippen molar-refractivity contribution in [2.45, 2.75) is 31.3 Å². The van der Waals surface area contributed by atoms with E-state index in [-0.39, 0.29) is 18.0 Å². The zero-order valence-corrected chi connectivity index (χ0v) is 11.6. The largest absolute Gasteiger partial charge is 0.497 e. The Bertz CT molecular complexity index is 504. The first-order valence-electron chi connectivity index (χ1n) is 7.12. The van der Waals surface area contributed by atoms with Crippen LogP contribution in [0.4, 0.5) is 0 Å². The van der Waals surface area contributed by atoms with Crippen LogP contribution in [-0.4, -0.2) is 32.2 Å². The van der Waals surface area contributed by atoms with Gasteiger partial charge in [-0.2, -0.15) is 0 Å². The van der Waals surface area contributed by atoms with Crippen molar-refractivity contribution in [3.05, 3.63) is 23.8 Å². The lowest BCUT2D eigenvalue weighted by atomic mass is 9.97. The first-order valence-corrected chi connectivity index (χ1v) is 7.12. The predicted octanol–water partition coefficient (Wildman–Crippen LogP) is 1.39. The Labute approximate surface area is 118 Å². The number of nitrogens with one attached hydrogen (secondary N) is 2. The molecule has 1 amide bonds. The fourth-order valence-electron chi connectivity index (χ4n) is 2.85. The number of benzene rings is 1. The second-order valence-corrected chi connectivity index (χ2v) is 5.25. The molecule has 1 aromatic carbocycles. The van der Waals surface area contributed by atoms with Crippen molar-refractivity contribution in [1.82, 2.24) is 10.6 Å². The molecule has 2 heterocycles. The van der Waals surface area contributed by atoms with Crippen LogP contribution in [0.25, 0.3) is 0 Å². The molecule has 0 radical (unpaired) electrons. The minimum atomic E-state index is -0.106. The van der Waals surface area contributed by atoms with Crippen LogP contribution < -0.4 is 20.1 Å². The molecule has 2 N–H and O–H groups in total. The maximum Gasteiger partial charge on any atom is 0.237 e. The van der Waals surface area contributed by atoms with Gasteiger partial charge in [0, 0.05) is 24.6 Å². The predicted molar refractivity (Wildman–Crippen MR) is 75.0 cm³/mol. The number of hydrogen-bond acceptors (Lipinski definition) is 4. The molecule has 1 saturated heterocycles. The lowest BCUT2D eigenvalue weighted by Gasteiger charge is -2.32. The molecule has 3 rings (SSSR count). The number of methoxy groups -OCH3 is 1. The smallest absolute Gasteiger partial charge is 0.237 e. The Morgan fingerprint density at radius 2 is 2.25 bits per heavy atom. The van der Waals surface area contributed by atoms with Crippen LogP contribution in [0.5, 0.6) is 11.5 Å². The van der Waals surface area contributed by atoms with Gasteiger partial charge in [0.25, 0.3) is 0 Å². The van der Waals surface area contributed by atoms with Crippen molar-refractivity contribution in [3.63, 3.8) is 0 Å². The van der Waals surface area contributed by atoms with Gasteiger partial charge < -0.3 is 14.8 Å². The van der Waals surface area contributed by atoms with Gasteiger partial charge in [-0.05, 0) is 31.0 Å². The van der Waals surface area contributed by atoms with Crippen LogP contribution in [0.3, 0.4) is 0 Å². The first-order chi connectivity index (χ1) is 9.78. The van der Waals surface area contributed by atoms with E-state index in [0.717, 1.165) is 42.9 Å². The third-order valence-corrected chi connectivity index (χ3v) is 3.94. The molecule has 1 aromatic rings. The van der Waals surface area contributed by atoms with Gasteiger partial charge in [0.2, 0.25) is 5.91 Å². The van der Waals surface area contributed by atoms with Crippen molar-refractivity contribution < 1.29 is 14.3 Å². The zero-order chi connectivity index (χ0) is 13.9. The molecular formula is C15H20N2O3. The standard InChI is InChI=1S/C15H20N2O3/c1-19-10-4-5-14-11(9-10)12(6-8-20-14)17-13-3-2-7-16-15(13)18/h4-5,9,12-13,17H,2-3,6-8H2,1H3,(H,16,18). The Balaban J connectivity index is 1.80. The van der Waals surface area contributed by atoms with Crippen molar-refractivity contribution >= 4 is 5.91 Å². The van der Waals surface area contributed by atoms with E-state index in [1.807, 2.05) is 18.2 Å². The molecule has 20 heavy (non-hydrogen) atoms. The number of carbonyl (C=O) groups excluding carboxylic acids is 1. The highest BCUT2D eigenvalue weighted by Crippen LogP contribution is 2.35. The Kier molecular flexibility index (Phi) is 3.78. The van der Waals surface area contributed by atoms with Crippen molar-refractivity contribution in [3.8, 4) is 11.5 Å². The van der Waals surface area contributed by atoms with E-state index >= 15 is 0 Å². The van der Waals surface area contributed by atoms with E-state index < -0.39 is 0 Å². The van der Waals surface area contributed by atoms with Gasteiger partial charge in [-0.15, -0.1) is 0 Å². The highest BCUT2D eigenvalue weighted by molar-refractivity contribution is 5.82. The first kappa shape index (κ1) is 13.2. The number of carbonyl (C=O) groups is 1. The molecule has 108 valence electrons. The number of rotatable bonds is 3. The van der Waals surface area contributed by atoms with Gasteiger partial charge in [-0.1, -0.05) is 0 Å². The Hall–Kier alpha value is -1.75. The molecule has 0 aromatic heterocycles. The van der Waals surface area contributed by atoms with Crippen LogP contribution in [-0.2, 0) is 4.79 Å². The van der Waals surface area contributed by atoms with E-state index in [9.17, 15) is 4.79 Å². The van der Waals surface area contributed by atoms with E-state index in [1.165, 1.54) is 0 Å². The third-order valence-electron chi connectivity index (χ3n) is 3.94. The fourth-order valence-corrected chi connectivity index (χ4v) is 2.85. The molecular weight excluding hydrogens is 256 g/mol. The van der Waals surface area contributed by atoms with Crippen LogP contribution >= 0.6 is 0 Å². The number of fused-ring (bicyclic) bond motifs is 1. The van der Waals surface area contributed by atoms with E-state index in [0.29, 0.717) is 6.61 Å². The molecule has 2 aliphatic rings. The van der Waals surface area contributed by atoms with Crippen molar-refractivity contribution in [1.29, 1.82) is 0 Å². The summed E-state index contributed by atoms with van der Waals surface area (Å²) in [6.45, 7) is 1.46. The minimum absolute atomic E-state index is 0.104. The zero-order valence-electron chi connectivity index (χ0n) is 11.6. The second kappa shape index (κ2) is 5.71.